The second kappa shape index (κ2) is 8.15. The highest BCUT2D eigenvalue weighted by atomic mass is 35.5. The highest BCUT2D eigenvalue weighted by molar-refractivity contribution is 7.16. The topological polar surface area (TPSA) is 59.8 Å². The van der Waals surface area contributed by atoms with E-state index in [4.69, 9.17) is 20.8 Å². The quantitative estimate of drug-likeness (QED) is 0.564. The second-order valence-electron chi connectivity index (χ2n) is 6.22. The Balaban J connectivity index is 1.74. The smallest absolute Gasteiger partial charge is 0.336 e. The molecule has 3 aromatic rings. The van der Waals surface area contributed by atoms with Crippen molar-refractivity contribution in [3.05, 3.63) is 61.1 Å². The van der Waals surface area contributed by atoms with Gasteiger partial charge in [-0.1, -0.05) is 11.6 Å². The SMILES string of the molecule is CCN(Cc1ccc(Cl)s1)C(=O)COc1ccc2c(C)cc(=O)oc2c1C. The number of fused-ring (bicyclic) bond motifs is 1. The fourth-order valence-electron chi connectivity index (χ4n) is 2.89. The van der Waals surface area contributed by atoms with Crippen molar-refractivity contribution in [3.8, 4) is 5.75 Å². The van der Waals surface area contributed by atoms with Crippen molar-refractivity contribution in [1.82, 2.24) is 4.90 Å². The molecule has 2 aromatic heterocycles. The fourth-order valence-corrected chi connectivity index (χ4v) is 3.99. The third-order valence-corrected chi connectivity index (χ3v) is 5.60. The zero-order valence-electron chi connectivity index (χ0n) is 15.4. The van der Waals surface area contributed by atoms with Gasteiger partial charge in [-0.3, -0.25) is 4.79 Å². The van der Waals surface area contributed by atoms with Crippen LogP contribution in [0.4, 0.5) is 0 Å². The maximum Gasteiger partial charge on any atom is 0.336 e. The third-order valence-electron chi connectivity index (χ3n) is 4.38. The normalized spacial score (nSPS) is 11.0. The van der Waals surface area contributed by atoms with Crippen LogP contribution in [0, 0.1) is 13.8 Å². The zero-order chi connectivity index (χ0) is 19.6. The number of carbonyl (C=O) groups is 1. The van der Waals surface area contributed by atoms with E-state index in [2.05, 4.69) is 0 Å². The van der Waals surface area contributed by atoms with Crippen LogP contribution in [0.15, 0.2) is 39.5 Å². The zero-order valence-corrected chi connectivity index (χ0v) is 16.9. The van der Waals surface area contributed by atoms with Gasteiger partial charge < -0.3 is 14.1 Å². The Hall–Kier alpha value is -2.31. The van der Waals surface area contributed by atoms with Crippen LogP contribution >= 0.6 is 22.9 Å². The number of benzene rings is 1. The largest absolute Gasteiger partial charge is 0.483 e. The minimum atomic E-state index is -0.400. The Kier molecular flexibility index (Phi) is 5.87. The molecule has 0 radical (unpaired) electrons. The molecule has 0 aliphatic heterocycles. The molecule has 0 unspecified atom stereocenters. The summed E-state index contributed by atoms with van der Waals surface area (Å²) in [5.74, 6) is 0.409. The fraction of sp³-hybridized carbons (Fsp3) is 0.300. The van der Waals surface area contributed by atoms with Gasteiger partial charge in [0.2, 0.25) is 0 Å². The lowest BCUT2D eigenvalue weighted by molar-refractivity contribution is -0.133. The summed E-state index contributed by atoms with van der Waals surface area (Å²) in [5.41, 5.74) is 1.64. The number of aryl methyl sites for hydroxylation is 2. The molecular formula is C20H20ClNO4S. The predicted molar refractivity (Wildman–Crippen MR) is 108 cm³/mol. The summed E-state index contributed by atoms with van der Waals surface area (Å²) in [7, 11) is 0. The Bertz CT molecular complexity index is 1040. The third kappa shape index (κ3) is 4.34. The van der Waals surface area contributed by atoms with Crippen LogP contribution in [0.1, 0.15) is 22.9 Å². The van der Waals surface area contributed by atoms with Crippen LogP contribution in [0.2, 0.25) is 4.34 Å². The average molecular weight is 406 g/mol. The molecule has 0 aliphatic carbocycles. The number of carbonyl (C=O) groups excluding carboxylic acids is 1. The van der Waals surface area contributed by atoms with E-state index in [1.165, 1.54) is 17.4 Å². The summed E-state index contributed by atoms with van der Waals surface area (Å²) in [6.45, 7) is 6.58. The average Bonchev–Trinajstić information content (AvgIpc) is 3.04. The first-order valence-electron chi connectivity index (χ1n) is 8.58. The lowest BCUT2D eigenvalue weighted by Crippen LogP contribution is -2.34. The van der Waals surface area contributed by atoms with Crippen LogP contribution in [-0.4, -0.2) is 24.0 Å². The number of ether oxygens (including phenoxy) is 1. The van der Waals surface area contributed by atoms with Crippen LogP contribution in [0.25, 0.3) is 11.0 Å². The maximum absolute atomic E-state index is 12.5. The first-order valence-corrected chi connectivity index (χ1v) is 9.77. The van der Waals surface area contributed by atoms with E-state index in [1.807, 2.05) is 39.0 Å². The van der Waals surface area contributed by atoms with Crippen molar-refractivity contribution in [2.45, 2.75) is 27.3 Å². The highest BCUT2D eigenvalue weighted by Crippen LogP contribution is 2.28. The molecule has 0 spiro atoms. The number of likely N-dealkylation sites (N-methyl/N-ethyl adjacent to an activating group) is 1. The molecule has 7 heteroatoms. The van der Waals surface area contributed by atoms with Gasteiger partial charge in [0.25, 0.3) is 5.91 Å². The monoisotopic (exact) mass is 405 g/mol. The summed E-state index contributed by atoms with van der Waals surface area (Å²) >= 11 is 7.41. The molecule has 1 amide bonds. The van der Waals surface area contributed by atoms with Crippen LogP contribution in [0.5, 0.6) is 5.75 Å². The summed E-state index contributed by atoms with van der Waals surface area (Å²) in [6, 6.07) is 8.84. The van der Waals surface area contributed by atoms with Crippen molar-refractivity contribution >= 4 is 39.8 Å². The summed E-state index contributed by atoms with van der Waals surface area (Å²) in [6.07, 6.45) is 0. The van der Waals surface area contributed by atoms with E-state index in [1.54, 1.807) is 11.0 Å². The van der Waals surface area contributed by atoms with Gasteiger partial charge in [0.05, 0.1) is 10.9 Å². The number of halogens is 1. The molecule has 0 bridgehead atoms. The van der Waals surface area contributed by atoms with E-state index in [0.29, 0.717) is 34.3 Å². The van der Waals surface area contributed by atoms with Gasteiger partial charge in [0.15, 0.2) is 6.61 Å². The van der Waals surface area contributed by atoms with Gasteiger partial charge in [-0.2, -0.15) is 0 Å². The van der Waals surface area contributed by atoms with Crippen LogP contribution in [-0.2, 0) is 11.3 Å². The molecule has 1 aromatic carbocycles. The van der Waals surface area contributed by atoms with E-state index in [0.717, 1.165) is 15.8 Å². The minimum Gasteiger partial charge on any atom is -0.483 e. The Morgan fingerprint density at radius 1 is 1.26 bits per heavy atom. The molecule has 0 N–H and O–H groups in total. The lowest BCUT2D eigenvalue weighted by Gasteiger charge is -2.20. The van der Waals surface area contributed by atoms with Gasteiger partial charge in [-0.25, -0.2) is 4.79 Å². The molecule has 27 heavy (non-hydrogen) atoms. The number of amides is 1. The van der Waals surface area contributed by atoms with E-state index in [9.17, 15) is 9.59 Å². The number of hydrogen-bond donors (Lipinski definition) is 0. The summed E-state index contributed by atoms with van der Waals surface area (Å²) < 4.78 is 11.8. The molecule has 0 saturated carbocycles. The van der Waals surface area contributed by atoms with Crippen molar-refractivity contribution < 1.29 is 13.9 Å². The van der Waals surface area contributed by atoms with Gasteiger partial charge in [-0.05, 0) is 50.6 Å². The molecule has 0 saturated heterocycles. The van der Waals surface area contributed by atoms with Gasteiger partial charge >= 0.3 is 5.63 Å². The standard InChI is InChI=1S/C20H20ClNO4S/c1-4-22(10-14-5-8-17(21)27-14)18(23)11-25-16-7-6-15-12(2)9-19(24)26-20(15)13(16)3/h5-9H,4,10-11H2,1-3H3. The molecule has 0 fully saturated rings. The summed E-state index contributed by atoms with van der Waals surface area (Å²) in [4.78, 5) is 26.9. The second-order valence-corrected chi connectivity index (χ2v) is 8.02. The lowest BCUT2D eigenvalue weighted by atomic mass is 10.1. The van der Waals surface area contributed by atoms with E-state index >= 15 is 0 Å². The molecule has 0 atom stereocenters. The predicted octanol–water partition coefficient (Wildman–Crippen LogP) is 4.55. The minimum absolute atomic E-state index is 0.0880. The molecule has 3 rings (SSSR count). The van der Waals surface area contributed by atoms with Gasteiger partial charge in [0, 0.05) is 28.4 Å². The molecular weight excluding hydrogens is 386 g/mol. The Morgan fingerprint density at radius 3 is 2.70 bits per heavy atom. The van der Waals surface area contributed by atoms with Crippen molar-refractivity contribution in [3.63, 3.8) is 0 Å². The first kappa shape index (κ1) is 19.5. The maximum atomic E-state index is 12.5. The van der Waals surface area contributed by atoms with Crippen molar-refractivity contribution in [2.24, 2.45) is 0 Å². The van der Waals surface area contributed by atoms with Gasteiger partial charge in [0.1, 0.15) is 11.3 Å². The number of nitrogens with zero attached hydrogens (tertiary/aromatic N) is 1. The number of hydrogen-bond acceptors (Lipinski definition) is 5. The van der Waals surface area contributed by atoms with Crippen LogP contribution < -0.4 is 10.4 Å². The van der Waals surface area contributed by atoms with Crippen LogP contribution in [0.3, 0.4) is 0 Å². The number of thiophene rings is 1. The van der Waals surface area contributed by atoms with Gasteiger partial charge in [-0.15, -0.1) is 11.3 Å². The van der Waals surface area contributed by atoms with Crippen molar-refractivity contribution in [2.75, 3.05) is 13.2 Å². The highest BCUT2D eigenvalue weighted by Gasteiger charge is 2.16. The number of rotatable bonds is 6. The van der Waals surface area contributed by atoms with E-state index in [-0.39, 0.29) is 12.5 Å². The van der Waals surface area contributed by atoms with E-state index < -0.39 is 5.63 Å². The summed E-state index contributed by atoms with van der Waals surface area (Å²) in [5, 5.41) is 0.857. The molecule has 142 valence electrons. The molecule has 0 aliphatic rings. The van der Waals surface area contributed by atoms with Crippen molar-refractivity contribution in [1.29, 1.82) is 0 Å². The Labute approximate surface area is 166 Å². The first-order chi connectivity index (χ1) is 12.9. The molecule has 2 heterocycles. The Morgan fingerprint density at radius 2 is 2.04 bits per heavy atom. The molecule has 5 nitrogen and oxygen atoms in total.